The monoisotopic (exact) mass is 287 g/mol. The van der Waals surface area contributed by atoms with Crippen molar-refractivity contribution < 1.29 is 9.53 Å². The van der Waals surface area contributed by atoms with Crippen LogP contribution < -0.4 is 4.90 Å². The minimum Gasteiger partial charge on any atom is -0.378 e. The standard InChI is InChI=1S/C18H25NO2/c20-18(10-5-15-3-1-2-4-15)16-6-8-17(9-7-16)19-11-13-21-14-12-19/h6-9,15H,1-5,10-14H2. The SMILES string of the molecule is O=C(CCC1CCCC1)c1ccc(N2CCOCC2)cc1. The van der Waals surface area contributed by atoms with E-state index >= 15 is 0 Å². The molecule has 0 radical (unpaired) electrons. The predicted molar refractivity (Wildman–Crippen MR) is 85.0 cm³/mol. The Bertz CT molecular complexity index is 457. The molecule has 0 aromatic heterocycles. The minimum atomic E-state index is 0.301. The summed E-state index contributed by atoms with van der Waals surface area (Å²) in [4.78, 5) is 14.6. The number of benzene rings is 1. The molecule has 114 valence electrons. The Labute approximate surface area is 127 Å². The Kier molecular flexibility index (Phi) is 4.91. The van der Waals surface area contributed by atoms with Gasteiger partial charge in [-0.15, -0.1) is 0 Å². The number of carbonyl (C=O) groups is 1. The molecule has 1 aliphatic heterocycles. The van der Waals surface area contributed by atoms with Crippen LogP contribution in [-0.2, 0) is 4.74 Å². The van der Waals surface area contributed by atoms with Crippen molar-refractivity contribution in [2.24, 2.45) is 5.92 Å². The Hall–Kier alpha value is -1.35. The summed E-state index contributed by atoms with van der Waals surface area (Å²) in [6.45, 7) is 3.47. The lowest BCUT2D eigenvalue weighted by molar-refractivity contribution is 0.0974. The summed E-state index contributed by atoms with van der Waals surface area (Å²) in [6, 6.07) is 8.13. The molecule has 0 spiro atoms. The molecule has 2 aliphatic rings. The van der Waals surface area contributed by atoms with Crippen molar-refractivity contribution in [1.29, 1.82) is 0 Å². The molecule has 0 amide bonds. The zero-order chi connectivity index (χ0) is 14.5. The van der Waals surface area contributed by atoms with E-state index < -0.39 is 0 Å². The molecule has 3 nitrogen and oxygen atoms in total. The summed E-state index contributed by atoms with van der Waals surface area (Å²) >= 11 is 0. The molecule has 0 unspecified atom stereocenters. The van der Waals surface area contributed by atoms with Gasteiger partial charge in [0.05, 0.1) is 13.2 Å². The number of ketones is 1. The molecule has 1 aromatic carbocycles. The van der Waals surface area contributed by atoms with E-state index in [0.29, 0.717) is 12.2 Å². The van der Waals surface area contributed by atoms with Gasteiger partial charge in [0, 0.05) is 30.8 Å². The maximum Gasteiger partial charge on any atom is 0.162 e. The fourth-order valence-electron chi connectivity index (χ4n) is 3.46. The Morgan fingerprint density at radius 3 is 2.43 bits per heavy atom. The number of Topliss-reactive ketones (excluding diaryl/α,β-unsaturated/α-hetero) is 1. The van der Waals surface area contributed by atoms with Crippen LogP contribution >= 0.6 is 0 Å². The second-order valence-corrected chi connectivity index (χ2v) is 6.26. The van der Waals surface area contributed by atoms with Gasteiger partial charge in [0.15, 0.2) is 5.78 Å². The molecule has 0 bridgehead atoms. The van der Waals surface area contributed by atoms with Gasteiger partial charge < -0.3 is 9.64 Å². The summed E-state index contributed by atoms with van der Waals surface area (Å²) in [5.41, 5.74) is 2.07. The molecule has 3 heteroatoms. The Morgan fingerprint density at radius 2 is 1.76 bits per heavy atom. The van der Waals surface area contributed by atoms with Crippen molar-refractivity contribution in [2.45, 2.75) is 38.5 Å². The van der Waals surface area contributed by atoms with Crippen LogP contribution in [0.3, 0.4) is 0 Å². The molecular formula is C18H25NO2. The number of hydrogen-bond donors (Lipinski definition) is 0. The van der Waals surface area contributed by atoms with Gasteiger partial charge in [0.1, 0.15) is 0 Å². The number of carbonyl (C=O) groups excluding carboxylic acids is 1. The van der Waals surface area contributed by atoms with E-state index in [9.17, 15) is 4.79 Å². The maximum absolute atomic E-state index is 12.3. The number of rotatable bonds is 5. The van der Waals surface area contributed by atoms with Crippen molar-refractivity contribution >= 4 is 11.5 Å². The largest absolute Gasteiger partial charge is 0.378 e. The summed E-state index contributed by atoms with van der Waals surface area (Å²) < 4.78 is 5.37. The fraction of sp³-hybridized carbons (Fsp3) is 0.611. The zero-order valence-corrected chi connectivity index (χ0v) is 12.7. The predicted octanol–water partition coefficient (Wildman–Crippen LogP) is 3.68. The van der Waals surface area contributed by atoms with E-state index in [1.54, 1.807) is 0 Å². The van der Waals surface area contributed by atoms with E-state index in [1.165, 1.54) is 31.4 Å². The summed E-state index contributed by atoms with van der Waals surface area (Å²) in [5.74, 6) is 1.09. The second-order valence-electron chi connectivity index (χ2n) is 6.26. The van der Waals surface area contributed by atoms with E-state index in [0.717, 1.165) is 44.2 Å². The van der Waals surface area contributed by atoms with E-state index in [-0.39, 0.29) is 0 Å². The third-order valence-electron chi connectivity index (χ3n) is 4.82. The average molecular weight is 287 g/mol. The van der Waals surface area contributed by atoms with Crippen LogP contribution in [0.5, 0.6) is 0 Å². The smallest absolute Gasteiger partial charge is 0.162 e. The van der Waals surface area contributed by atoms with Crippen LogP contribution in [-0.4, -0.2) is 32.1 Å². The first-order valence-electron chi connectivity index (χ1n) is 8.29. The Morgan fingerprint density at radius 1 is 1.10 bits per heavy atom. The average Bonchev–Trinajstić information content (AvgIpc) is 3.07. The van der Waals surface area contributed by atoms with E-state index in [4.69, 9.17) is 4.74 Å². The molecule has 1 saturated heterocycles. The number of morpholine rings is 1. The van der Waals surface area contributed by atoms with Crippen LogP contribution in [0.2, 0.25) is 0 Å². The quantitative estimate of drug-likeness (QED) is 0.774. The molecular weight excluding hydrogens is 262 g/mol. The van der Waals surface area contributed by atoms with Crippen LogP contribution in [0.1, 0.15) is 48.9 Å². The molecule has 0 atom stereocenters. The first-order valence-corrected chi connectivity index (χ1v) is 8.29. The molecule has 1 heterocycles. The normalized spacial score (nSPS) is 19.9. The highest BCUT2D eigenvalue weighted by Gasteiger charge is 2.17. The van der Waals surface area contributed by atoms with Gasteiger partial charge in [-0.25, -0.2) is 0 Å². The lowest BCUT2D eigenvalue weighted by atomic mass is 9.97. The summed E-state index contributed by atoms with van der Waals surface area (Å²) in [6.07, 6.45) is 7.14. The zero-order valence-electron chi connectivity index (χ0n) is 12.7. The minimum absolute atomic E-state index is 0.301. The fourth-order valence-corrected chi connectivity index (χ4v) is 3.46. The molecule has 1 aromatic rings. The van der Waals surface area contributed by atoms with Crippen LogP contribution in [0.4, 0.5) is 5.69 Å². The van der Waals surface area contributed by atoms with Crippen LogP contribution in [0.25, 0.3) is 0 Å². The molecule has 0 N–H and O–H groups in total. The molecule has 21 heavy (non-hydrogen) atoms. The second kappa shape index (κ2) is 7.08. The molecule has 1 aliphatic carbocycles. The highest BCUT2D eigenvalue weighted by molar-refractivity contribution is 5.96. The van der Waals surface area contributed by atoms with Gasteiger partial charge in [-0.3, -0.25) is 4.79 Å². The molecule has 1 saturated carbocycles. The van der Waals surface area contributed by atoms with Crippen molar-refractivity contribution in [1.82, 2.24) is 0 Å². The molecule has 2 fully saturated rings. The van der Waals surface area contributed by atoms with Crippen LogP contribution in [0.15, 0.2) is 24.3 Å². The van der Waals surface area contributed by atoms with Gasteiger partial charge >= 0.3 is 0 Å². The van der Waals surface area contributed by atoms with Gasteiger partial charge in [0.25, 0.3) is 0 Å². The number of hydrogen-bond acceptors (Lipinski definition) is 3. The van der Waals surface area contributed by atoms with Gasteiger partial charge in [-0.1, -0.05) is 25.7 Å². The first kappa shape index (κ1) is 14.6. The number of nitrogens with zero attached hydrogens (tertiary/aromatic N) is 1. The number of ether oxygens (including phenoxy) is 1. The highest BCUT2D eigenvalue weighted by Crippen LogP contribution is 2.29. The van der Waals surface area contributed by atoms with Crippen molar-refractivity contribution in [3.63, 3.8) is 0 Å². The molecule has 3 rings (SSSR count). The first-order chi connectivity index (χ1) is 10.3. The van der Waals surface area contributed by atoms with E-state index in [1.807, 2.05) is 12.1 Å². The third kappa shape index (κ3) is 3.85. The van der Waals surface area contributed by atoms with Crippen molar-refractivity contribution in [3.05, 3.63) is 29.8 Å². The van der Waals surface area contributed by atoms with Crippen molar-refractivity contribution in [3.8, 4) is 0 Å². The van der Waals surface area contributed by atoms with E-state index in [2.05, 4.69) is 17.0 Å². The lowest BCUT2D eigenvalue weighted by Crippen LogP contribution is -2.36. The lowest BCUT2D eigenvalue weighted by Gasteiger charge is -2.28. The summed E-state index contributed by atoms with van der Waals surface area (Å²) in [5, 5.41) is 0. The van der Waals surface area contributed by atoms with Crippen LogP contribution in [0, 0.1) is 5.92 Å². The van der Waals surface area contributed by atoms with Crippen molar-refractivity contribution in [2.75, 3.05) is 31.2 Å². The summed E-state index contributed by atoms with van der Waals surface area (Å²) in [7, 11) is 0. The van der Waals surface area contributed by atoms with Gasteiger partial charge in [0.2, 0.25) is 0 Å². The van der Waals surface area contributed by atoms with Gasteiger partial charge in [-0.2, -0.15) is 0 Å². The van der Waals surface area contributed by atoms with Gasteiger partial charge in [-0.05, 0) is 36.6 Å². The number of anilines is 1. The Balaban J connectivity index is 1.54. The maximum atomic E-state index is 12.3. The highest BCUT2D eigenvalue weighted by atomic mass is 16.5. The topological polar surface area (TPSA) is 29.5 Å². The third-order valence-corrected chi connectivity index (χ3v) is 4.82.